The molecule has 33 heavy (non-hydrogen) atoms. The zero-order valence-corrected chi connectivity index (χ0v) is 20.8. The molecule has 4 aromatic rings. The molecule has 0 heterocycles. The Morgan fingerprint density at radius 1 is 0.545 bits per heavy atom. The van der Waals surface area contributed by atoms with Crippen LogP contribution in [0.25, 0.3) is 11.1 Å². The lowest BCUT2D eigenvalue weighted by atomic mass is 9.67. The summed E-state index contributed by atoms with van der Waals surface area (Å²) >= 11 is 26.6. The van der Waals surface area contributed by atoms with Gasteiger partial charge in [0.25, 0.3) is 0 Å². The lowest BCUT2D eigenvalue weighted by Crippen LogP contribution is -2.28. The van der Waals surface area contributed by atoms with Crippen LogP contribution in [0, 0.1) is 0 Å². The Bertz CT molecular complexity index is 1240. The van der Waals surface area contributed by atoms with Gasteiger partial charge in [0.1, 0.15) is 0 Å². The molecule has 2 nitrogen and oxygen atoms in total. The molecule has 6 heteroatoms. The van der Waals surface area contributed by atoms with E-state index >= 15 is 0 Å². The normalized spacial score (nSPS) is 13.4. The van der Waals surface area contributed by atoms with E-state index in [0.717, 1.165) is 33.4 Å². The molecule has 0 fully saturated rings. The summed E-state index contributed by atoms with van der Waals surface area (Å²) in [5.41, 5.74) is 5.42. The Hall–Kier alpha value is -2.36. The molecule has 0 atom stereocenters. The predicted octanol–water partition coefficient (Wildman–Crippen LogP) is 8.68. The molecule has 4 aromatic carbocycles. The van der Waals surface area contributed by atoms with Crippen LogP contribution >= 0.6 is 46.4 Å². The summed E-state index contributed by atoms with van der Waals surface area (Å²) in [5.74, 6) is 0.866. The summed E-state index contributed by atoms with van der Waals surface area (Å²) in [6, 6.07) is 24.2. The first-order valence-electron chi connectivity index (χ1n) is 10.2. The molecule has 0 amide bonds. The fourth-order valence-electron chi connectivity index (χ4n) is 4.97. The van der Waals surface area contributed by atoms with Gasteiger partial charge < -0.3 is 9.47 Å². The molecule has 166 valence electrons. The number of halogens is 4. The van der Waals surface area contributed by atoms with Gasteiger partial charge >= 0.3 is 0 Å². The fourth-order valence-corrected chi connectivity index (χ4v) is 6.25. The largest absolute Gasteiger partial charge is 0.494 e. The molecule has 0 saturated heterocycles. The average molecular weight is 516 g/mol. The van der Waals surface area contributed by atoms with E-state index in [1.807, 2.05) is 48.5 Å². The maximum Gasteiger partial charge on any atom is 0.156 e. The Morgan fingerprint density at radius 3 is 1.21 bits per heavy atom. The van der Waals surface area contributed by atoms with Crippen LogP contribution < -0.4 is 9.47 Å². The van der Waals surface area contributed by atoms with Crippen LogP contribution in [0.2, 0.25) is 20.1 Å². The zero-order chi connectivity index (χ0) is 23.3. The first-order valence-corrected chi connectivity index (χ1v) is 11.7. The maximum atomic E-state index is 6.65. The zero-order valence-electron chi connectivity index (χ0n) is 17.8. The van der Waals surface area contributed by atoms with E-state index in [9.17, 15) is 0 Å². The van der Waals surface area contributed by atoms with E-state index in [2.05, 4.69) is 24.3 Å². The topological polar surface area (TPSA) is 18.5 Å². The van der Waals surface area contributed by atoms with Crippen LogP contribution in [-0.4, -0.2) is 14.2 Å². The van der Waals surface area contributed by atoms with Crippen molar-refractivity contribution in [2.75, 3.05) is 14.2 Å². The summed E-state index contributed by atoms with van der Waals surface area (Å²) in [7, 11) is 3.09. The van der Waals surface area contributed by atoms with Gasteiger partial charge in [0.15, 0.2) is 11.5 Å². The lowest BCUT2D eigenvalue weighted by Gasteiger charge is -2.34. The van der Waals surface area contributed by atoms with Crippen molar-refractivity contribution < 1.29 is 9.47 Å². The molecule has 0 N–H and O–H groups in total. The molecule has 0 aromatic heterocycles. The number of hydrogen-bond donors (Lipinski definition) is 0. The summed E-state index contributed by atoms with van der Waals surface area (Å²) in [4.78, 5) is 0. The van der Waals surface area contributed by atoms with Crippen molar-refractivity contribution in [3.8, 4) is 22.6 Å². The predicted molar refractivity (Wildman–Crippen MR) is 137 cm³/mol. The molecule has 0 aliphatic heterocycles. The van der Waals surface area contributed by atoms with E-state index in [1.165, 1.54) is 0 Å². The van der Waals surface area contributed by atoms with Gasteiger partial charge in [-0.1, -0.05) is 94.9 Å². The van der Waals surface area contributed by atoms with Crippen molar-refractivity contribution in [3.05, 3.63) is 115 Å². The van der Waals surface area contributed by atoms with E-state index < -0.39 is 5.41 Å². The Morgan fingerprint density at radius 2 is 0.879 bits per heavy atom. The second-order valence-electron chi connectivity index (χ2n) is 7.79. The summed E-state index contributed by atoms with van der Waals surface area (Å²) in [6.07, 6.45) is 0. The molecule has 0 bridgehead atoms. The monoisotopic (exact) mass is 514 g/mol. The van der Waals surface area contributed by atoms with E-state index in [1.54, 1.807) is 14.2 Å². The van der Waals surface area contributed by atoms with Crippen molar-refractivity contribution in [2.45, 2.75) is 5.41 Å². The SMILES string of the molecule is COc1c(Cl)cc(C2(c3cc(Cl)c(OC)c(Cl)c3)c3ccccc3-c3ccccc32)cc1Cl. The third kappa shape index (κ3) is 3.24. The van der Waals surface area contributed by atoms with E-state index in [4.69, 9.17) is 55.9 Å². The summed E-state index contributed by atoms with van der Waals surface area (Å²) < 4.78 is 10.8. The van der Waals surface area contributed by atoms with Crippen molar-refractivity contribution >= 4 is 46.4 Å². The minimum absolute atomic E-state index is 0.423. The van der Waals surface area contributed by atoms with Crippen LogP contribution in [0.5, 0.6) is 11.5 Å². The van der Waals surface area contributed by atoms with Crippen molar-refractivity contribution in [2.24, 2.45) is 0 Å². The Balaban J connectivity index is 1.97. The molecule has 0 spiro atoms. The molecule has 0 radical (unpaired) electrons. The molecule has 1 aliphatic carbocycles. The summed E-state index contributed by atoms with van der Waals surface area (Å²) in [5, 5.41) is 1.69. The van der Waals surface area contributed by atoms with Crippen LogP contribution in [0.15, 0.2) is 72.8 Å². The van der Waals surface area contributed by atoms with E-state index in [0.29, 0.717) is 31.6 Å². The molecule has 5 rings (SSSR count). The van der Waals surface area contributed by atoms with Crippen molar-refractivity contribution in [3.63, 3.8) is 0 Å². The smallest absolute Gasteiger partial charge is 0.156 e. The van der Waals surface area contributed by atoms with Crippen molar-refractivity contribution in [1.82, 2.24) is 0 Å². The average Bonchev–Trinajstić information content (AvgIpc) is 3.10. The summed E-state index contributed by atoms with van der Waals surface area (Å²) in [6.45, 7) is 0. The van der Waals surface area contributed by atoms with Crippen LogP contribution in [0.4, 0.5) is 0 Å². The minimum atomic E-state index is -0.758. The molecule has 0 unspecified atom stereocenters. The van der Waals surface area contributed by atoms with Crippen LogP contribution in [0.3, 0.4) is 0 Å². The quantitative estimate of drug-likeness (QED) is 0.238. The third-order valence-electron chi connectivity index (χ3n) is 6.22. The number of fused-ring (bicyclic) bond motifs is 3. The fraction of sp³-hybridized carbons (Fsp3) is 0.111. The maximum absolute atomic E-state index is 6.65. The molecule has 1 aliphatic rings. The molecular weight excluding hydrogens is 498 g/mol. The minimum Gasteiger partial charge on any atom is -0.494 e. The Kier molecular flexibility index (Phi) is 5.74. The second kappa shape index (κ2) is 8.45. The highest BCUT2D eigenvalue weighted by molar-refractivity contribution is 6.38. The van der Waals surface area contributed by atoms with Gasteiger partial charge in [0, 0.05) is 0 Å². The number of benzene rings is 4. The van der Waals surface area contributed by atoms with Gasteiger partial charge in [-0.15, -0.1) is 0 Å². The second-order valence-corrected chi connectivity index (χ2v) is 9.42. The van der Waals surface area contributed by atoms with Gasteiger partial charge in [-0.2, -0.15) is 0 Å². The number of methoxy groups -OCH3 is 2. The van der Waals surface area contributed by atoms with Gasteiger partial charge in [0.2, 0.25) is 0 Å². The van der Waals surface area contributed by atoms with E-state index in [-0.39, 0.29) is 0 Å². The first-order chi connectivity index (χ1) is 15.9. The highest BCUT2D eigenvalue weighted by atomic mass is 35.5. The van der Waals surface area contributed by atoms with Crippen LogP contribution in [-0.2, 0) is 5.41 Å². The number of ether oxygens (including phenoxy) is 2. The van der Waals surface area contributed by atoms with Gasteiger partial charge in [-0.25, -0.2) is 0 Å². The first kappa shape index (κ1) is 22.4. The Labute approximate surface area is 212 Å². The highest BCUT2D eigenvalue weighted by Gasteiger charge is 2.47. The van der Waals surface area contributed by atoms with Gasteiger partial charge in [0.05, 0.1) is 39.7 Å². The standard InChI is InChI=1S/C27H18Cl4O2/c1-32-25-21(28)11-15(12-22(25)29)27(16-13-23(30)26(33-2)24(31)14-16)19-9-5-3-7-17(19)18-8-4-6-10-20(18)27/h3-14H,1-2H3. The third-order valence-corrected chi connectivity index (χ3v) is 7.35. The number of hydrogen-bond acceptors (Lipinski definition) is 2. The van der Waals surface area contributed by atoms with Gasteiger partial charge in [-0.05, 0) is 57.6 Å². The van der Waals surface area contributed by atoms with Gasteiger partial charge in [-0.3, -0.25) is 0 Å². The highest BCUT2D eigenvalue weighted by Crippen LogP contribution is 2.58. The number of rotatable bonds is 4. The van der Waals surface area contributed by atoms with Crippen LogP contribution in [0.1, 0.15) is 22.3 Å². The molecule has 0 saturated carbocycles. The van der Waals surface area contributed by atoms with Crippen molar-refractivity contribution in [1.29, 1.82) is 0 Å². The molecular formula is C27H18Cl4O2. The lowest BCUT2D eigenvalue weighted by molar-refractivity contribution is 0.414.